The molecule has 0 radical (unpaired) electrons. The summed E-state index contributed by atoms with van der Waals surface area (Å²) >= 11 is 0. The Morgan fingerprint density at radius 2 is 1.52 bits per heavy atom. The average molecular weight is 273 g/mol. The van der Waals surface area contributed by atoms with E-state index in [1.165, 1.54) is 28.1 Å². The lowest BCUT2D eigenvalue weighted by Crippen LogP contribution is -2.21. The summed E-state index contributed by atoms with van der Waals surface area (Å²) < 4.78 is 0. The van der Waals surface area contributed by atoms with E-state index in [9.17, 15) is 0 Å². The molecule has 1 heterocycles. The number of nitrogens with zero attached hydrogens (tertiary/aromatic N) is 1. The fraction of sp³-hybridized carbons (Fsp3) is 0.100. The van der Waals surface area contributed by atoms with Gasteiger partial charge >= 0.3 is 0 Å². The highest BCUT2D eigenvalue weighted by atomic mass is 15.1. The van der Waals surface area contributed by atoms with Gasteiger partial charge in [-0.05, 0) is 30.2 Å². The van der Waals surface area contributed by atoms with Crippen molar-refractivity contribution in [2.24, 2.45) is 0 Å². The second-order valence-electron chi connectivity index (χ2n) is 5.23. The van der Waals surface area contributed by atoms with Gasteiger partial charge in [0.05, 0.1) is 0 Å². The first-order valence-corrected chi connectivity index (χ1v) is 7.21. The van der Waals surface area contributed by atoms with E-state index in [-0.39, 0.29) is 0 Å². The molecule has 21 heavy (non-hydrogen) atoms. The predicted molar refractivity (Wildman–Crippen MR) is 91.6 cm³/mol. The Kier molecular flexibility index (Phi) is 3.74. The monoisotopic (exact) mass is 273 g/mol. The minimum Gasteiger partial charge on any atom is -0.344 e. The lowest BCUT2D eigenvalue weighted by molar-refractivity contribution is 1.11. The number of rotatable bonds is 0. The molecule has 0 saturated heterocycles. The summed E-state index contributed by atoms with van der Waals surface area (Å²) in [5.74, 6) is 0. The highest BCUT2D eigenvalue weighted by Crippen LogP contribution is 2.36. The van der Waals surface area contributed by atoms with E-state index in [1.807, 2.05) is 0 Å². The average Bonchev–Trinajstić information content (AvgIpc) is 2.45. The van der Waals surface area contributed by atoms with Crippen LogP contribution in [0.25, 0.3) is 5.57 Å². The van der Waals surface area contributed by atoms with Crippen LogP contribution in [-0.4, -0.2) is 7.05 Å². The van der Waals surface area contributed by atoms with Gasteiger partial charge in [0.15, 0.2) is 0 Å². The first kappa shape index (κ1) is 13.4. The SMILES string of the molecule is Cc1ccccccc2cc1N(C)C1=C/C=C\C=C/C=C12. The van der Waals surface area contributed by atoms with Gasteiger partial charge in [0, 0.05) is 24.0 Å². The molecule has 0 saturated carbocycles. The number of allylic oxidation sites excluding steroid dienone is 7. The van der Waals surface area contributed by atoms with Crippen molar-refractivity contribution in [2.45, 2.75) is 6.92 Å². The van der Waals surface area contributed by atoms with E-state index in [0.717, 1.165) is 0 Å². The van der Waals surface area contributed by atoms with Crippen LogP contribution in [0.1, 0.15) is 11.1 Å². The van der Waals surface area contributed by atoms with Crippen molar-refractivity contribution in [3.05, 3.63) is 95.7 Å². The molecule has 1 nitrogen and oxygen atoms in total. The smallest absolute Gasteiger partial charge is 0.0487 e. The Morgan fingerprint density at radius 3 is 2.33 bits per heavy atom. The van der Waals surface area contributed by atoms with Crippen LogP contribution in [0.3, 0.4) is 0 Å². The van der Waals surface area contributed by atoms with E-state index in [0.29, 0.717) is 0 Å². The largest absolute Gasteiger partial charge is 0.344 e. The number of aryl methyl sites for hydroxylation is 1. The number of hydrogen-bond donors (Lipinski definition) is 0. The van der Waals surface area contributed by atoms with Gasteiger partial charge < -0.3 is 4.90 Å². The van der Waals surface area contributed by atoms with Crippen molar-refractivity contribution in [3.8, 4) is 0 Å². The third-order valence-electron chi connectivity index (χ3n) is 3.81. The van der Waals surface area contributed by atoms with E-state index >= 15 is 0 Å². The number of hydrogen-bond acceptors (Lipinski definition) is 1. The van der Waals surface area contributed by atoms with Crippen LogP contribution in [0.2, 0.25) is 0 Å². The van der Waals surface area contributed by atoms with Gasteiger partial charge in [-0.1, -0.05) is 66.8 Å². The number of likely N-dealkylation sites (N-methyl/N-ethyl adjacent to an activating group) is 1. The molecule has 1 aliphatic carbocycles. The van der Waals surface area contributed by atoms with Crippen LogP contribution in [-0.2, 0) is 0 Å². The van der Waals surface area contributed by atoms with Crippen LogP contribution in [0.4, 0.5) is 5.69 Å². The van der Waals surface area contributed by atoms with Gasteiger partial charge in [0.1, 0.15) is 0 Å². The maximum atomic E-state index is 2.26. The normalized spacial score (nSPS) is 18.3. The first-order chi connectivity index (χ1) is 10.3. The zero-order valence-corrected chi connectivity index (χ0v) is 12.5. The van der Waals surface area contributed by atoms with Crippen molar-refractivity contribution in [1.82, 2.24) is 0 Å². The van der Waals surface area contributed by atoms with Crippen LogP contribution < -0.4 is 4.90 Å². The molecule has 0 spiro atoms. The number of anilines is 1. The van der Waals surface area contributed by atoms with E-state index in [2.05, 4.69) is 97.8 Å². The third kappa shape index (κ3) is 2.68. The van der Waals surface area contributed by atoms with Gasteiger partial charge in [-0.2, -0.15) is 0 Å². The first-order valence-electron chi connectivity index (χ1n) is 7.21. The third-order valence-corrected chi connectivity index (χ3v) is 3.81. The van der Waals surface area contributed by atoms with Gasteiger partial charge in [-0.25, -0.2) is 0 Å². The van der Waals surface area contributed by atoms with Crippen molar-refractivity contribution < 1.29 is 0 Å². The summed E-state index contributed by atoms with van der Waals surface area (Å²) in [7, 11) is 2.13. The molecule has 3 rings (SSSR count). The summed E-state index contributed by atoms with van der Waals surface area (Å²) in [4.78, 5) is 2.26. The lowest BCUT2D eigenvalue weighted by Gasteiger charge is -2.30. The van der Waals surface area contributed by atoms with Crippen LogP contribution >= 0.6 is 0 Å². The zero-order chi connectivity index (χ0) is 14.7. The molecule has 0 amide bonds. The van der Waals surface area contributed by atoms with Crippen molar-refractivity contribution in [3.63, 3.8) is 0 Å². The molecule has 104 valence electrons. The molecular formula is C20H19N. The van der Waals surface area contributed by atoms with Gasteiger partial charge in [0.25, 0.3) is 0 Å². The summed E-state index contributed by atoms with van der Waals surface area (Å²) in [6, 6.07) is 14.9. The van der Waals surface area contributed by atoms with Crippen LogP contribution in [0.15, 0.2) is 84.6 Å². The summed E-state index contributed by atoms with van der Waals surface area (Å²) in [5.41, 5.74) is 6.22. The second-order valence-corrected chi connectivity index (χ2v) is 5.23. The Balaban J connectivity index is 2.34. The molecule has 0 N–H and O–H groups in total. The Hall–Kier alpha value is -2.54. The molecule has 1 aromatic carbocycles. The highest BCUT2D eigenvalue weighted by Gasteiger charge is 2.19. The van der Waals surface area contributed by atoms with E-state index in [1.54, 1.807) is 0 Å². The molecule has 2 bridgehead atoms. The summed E-state index contributed by atoms with van der Waals surface area (Å²) in [5, 5.41) is 0. The van der Waals surface area contributed by atoms with Gasteiger partial charge in [-0.3, -0.25) is 0 Å². The maximum Gasteiger partial charge on any atom is 0.0487 e. The Labute approximate surface area is 126 Å². The number of fused-ring (bicyclic) bond motifs is 4. The molecule has 1 aliphatic heterocycles. The quantitative estimate of drug-likeness (QED) is 0.645. The van der Waals surface area contributed by atoms with E-state index in [4.69, 9.17) is 0 Å². The minimum atomic E-state index is 1.23. The topological polar surface area (TPSA) is 3.24 Å². The van der Waals surface area contributed by atoms with Crippen molar-refractivity contribution in [2.75, 3.05) is 11.9 Å². The maximum absolute atomic E-state index is 2.26. The molecule has 2 aliphatic rings. The zero-order valence-electron chi connectivity index (χ0n) is 12.5. The Bertz CT molecular complexity index is 731. The minimum absolute atomic E-state index is 1.23. The van der Waals surface area contributed by atoms with Crippen molar-refractivity contribution in [1.29, 1.82) is 0 Å². The summed E-state index contributed by atoms with van der Waals surface area (Å²) in [6.07, 6.45) is 12.7. The predicted octanol–water partition coefficient (Wildman–Crippen LogP) is 4.96. The molecule has 0 fully saturated rings. The van der Waals surface area contributed by atoms with E-state index < -0.39 is 0 Å². The molecule has 0 unspecified atom stereocenters. The molecule has 1 heteroatoms. The van der Waals surface area contributed by atoms with Crippen molar-refractivity contribution >= 4 is 11.3 Å². The fourth-order valence-corrected chi connectivity index (χ4v) is 2.68. The van der Waals surface area contributed by atoms with Crippen LogP contribution in [0.5, 0.6) is 0 Å². The fourth-order valence-electron chi connectivity index (χ4n) is 2.68. The molecule has 0 aromatic heterocycles. The standard InChI is InChI=1S/C20H19N/c1-16-11-7-3-4-8-12-17-15-20(16)21(2)19-14-10-6-5-9-13-18(17)19/h3-15H,1-2H3/b4-3?,6-5?,7-3?,8-4?,9-5-,10-6-,11-7?,12-8?,13-9?,14-10?,16-11?,17-12?,18-13?,19-14?,20-16?. The molecule has 0 atom stereocenters. The second kappa shape index (κ2) is 5.84. The Morgan fingerprint density at radius 1 is 0.810 bits per heavy atom. The molecular weight excluding hydrogens is 254 g/mol. The lowest BCUT2D eigenvalue weighted by atomic mass is 9.95. The van der Waals surface area contributed by atoms with Gasteiger partial charge in [-0.15, -0.1) is 0 Å². The van der Waals surface area contributed by atoms with Gasteiger partial charge in [0.2, 0.25) is 0 Å². The van der Waals surface area contributed by atoms with Crippen LogP contribution in [0, 0.1) is 6.92 Å². The summed E-state index contributed by atoms with van der Waals surface area (Å²) in [6.45, 7) is 2.16. The highest BCUT2D eigenvalue weighted by molar-refractivity contribution is 5.89. The molecule has 1 aromatic rings.